The van der Waals surface area contributed by atoms with Crippen molar-refractivity contribution in [3.05, 3.63) is 54.0 Å². The first-order valence-electron chi connectivity index (χ1n) is 5.79. The molecule has 0 spiro atoms. The van der Waals surface area contributed by atoms with Gasteiger partial charge in [0, 0.05) is 6.20 Å². The first-order valence-corrected chi connectivity index (χ1v) is 5.79. The summed E-state index contributed by atoms with van der Waals surface area (Å²) in [6.07, 6.45) is 1.55. The van der Waals surface area contributed by atoms with Crippen LogP contribution in [-0.2, 0) is 0 Å². The SMILES string of the molecule is Cc1cccc(OCCNc2ncccc2F)c1. The fourth-order valence-corrected chi connectivity index (χ4v) is 1.56. The third kappa shape index (κ3) is 3.45. The van der Waals surface area contributed by atoms with Gasteiger partial charge in [0.05, 0.1) is 6.54 Å². The van der Waals surface area contributed by atoms with Crippen LogP contribution in [0.15, 0.2) is 42.6 Å². The molecule has 2 aromatic rings. The molecule has 2 rings (SSSR count). The van der Waals surface area contributed by atoms with Gasteiger partial charge in [-0.25, -0.2) is 9.37 Å². The van der Waals surface area contributed by atoms with E-state index < -0.39 is 0 Å². The molecule has 3 nitrogen and oxygen atoms in total. The summed E-state index contributed by atoms with van der Waals surface area (Å²) in [4.78, 5) is 3.90. The predicted octanol–water partition coefficient (Wildman–Crippen LogP) is 3.02. The van der Waals surface area contributed by atoms with Crippen molar-refractivity contribution in [2.45, 2.75) is 6.92 Å². The highest BCUT2D eigenvalue weighted by atomic mass is 19.1. The van der Waals surface area contributed by atoms with Gasteiger partial charge >= 0.3 is 0 Å². The zero-order valence-corrected chi connectivity index (χ0v) is 10.2. The fourth-order valence-electron chi connectivity index (χ4n) is 1.56. The lowest BCUT2D eigenvalue weighted by molar-refractivity contribution is 0.332. The van der Waals surface area contributed by atoms with Gasteiger partial charge in [-0.15, -0.1) is 0 Å². The van der Waals surface area contributed by atoms with E-state index in [0.29, 0.717) is 13.2 Å². The maximum absolute atomic E-state index is 13.2. The van der Waals surface area contributed by atoms with Crippen molar-refractivity contribution in [3.63, 3.8) is 0 Å². The lowest BCUT2D eigenvalue weighted by Crippen LogP contribution is -2.13. The van der Waals surface area contributed by atoms with Gasteiger partial charge in [-0.05, 0) is 36.8 Å². The molecule has 0 amide bonds. The number of nitrogens with one attached hydrogen (secondary N) is 1. The quantitative estimate of drug-likeness (QED) is 0.823. The van der Waals surface area contributed by atoms with Crippen LogP contribution in [0.2, 0.25) is 0 Å². The van der Waals surface area contributed by atoms with Crippen molar-refractivity contribution in [1.82, 2.24) is 4.98 Å². The molecule has 0 aliphatic rings. The molecular weight excluding hydrogens is 231 g/mol. The van der Waals surface area contributed by atoms with Crippen LogP contribution in [-0.4, -0.2) is 18.1 Å². The molecule has 4 heteroatoms. The maximum atomic E-state index is 13.2. The summed E-state index contributed by atoms with van der Waals surface area (Å²) in [5.41, 5.74) is 1.15. The first kappa shape index (κ1) is 12.4. The highest BCUT2D eigenvalue weighted by molar-refractivity contribution is 5.35. The van der Waals surface area contributed by atoms with Gasteiger partial charge < -0.3 is 10.1 Å². The summed E-state index contributed by atoms with van der Waals surface area (Å²) in [5.74, 6) is 0.719. The second-order valence-electron chi connectivity index (χ2n) is 3.93. The Morgan fingerprint density at radius 2 is 2.17 bits per heavy atom. The average molecular weight is 246 g/mol. The second-order valence-corrected chi connectivity index (χ2v) is 3.93. The minimum atomic E-state index is -0.354. The Hall–Kier alpha value is -2.10. The van der Waals surface area contributed by atoms with Crippen LogP contribution >= 0.6 is 0 Å². The van der Waals surface area contributed by atoms with Crippen LogP contribution in [0.1, 0.15) is 5.56 Å². The monoisotopic (exact) mass is 246 g/mol. The van der Waals surface area contributed by atoms with Gasteiger partial charge in [0.2, 0.25) is 0 Å². The Morgan fingerprint density at radius 3 is 2.94 bits per heavy atom. The molecule has 0 saturated carbocycles. The molecule has 1 heterocycles. The number of ether oxygens (including phenoxy) is 1. The first-order chi connectivity index (χ1) is 8.75. The lowest BCUT2D eigenvalue weighted by atomic mass is 10.2. The minimum absolute atomic E-state index is 0.255. The molecule has 0 atom stereocenters. The molecule has 0 unspecified atom stereocenters. The van der Waals surface area contributed by atoms with Gasteiger partial charge in [-0.2, -0.15) is 0 Å². The van der Waals surface area contributed by atoms with Gasteiger partial charge in [0.1, 0.15) is 12.4 Å². The van der Waals surface area contributed by atoms with Crippen LogP contribution in [0.3, 0.4) is 0 Å². The molecule has 1 N–H and O–H groups in total. The Morgan fingerprint density at radius 1 is 1.28 bits per heavy atom. The average Bonchev–Trinajstić information content (AvgIpc) is 2.37. The predicted molar refractivity (Wildman–Crippen MR) is 69.4 cm³/mol. The molecule has 1 aromatic carbocycles. The zero-order valence-electron chi connectivity index (χ0n) is 10.2. The summed E-state index contributed by atoms with van der Waals surface area (Å²) in [5, 5.41) is 2.89. The summed E-state index contributed by atoms with van der Waals surface area (Å²) < 4.78 is 18.8. The third-order valence-corrected chi connectivity index (χ3v) is 2.41. The van der Waals surface area contributed by atoms with Gasteiger partial charge in [0.25, 0.3) is 0 Å². The standard InChI is InChI=1S/C14H15FN2O/c1-11-4-2-5-12(10-11)18-9-8-17-14-13(15)6-3-7-16-14/h2-7,10H,8-9H2,1H3,(H,16,17). The van der Waals surface area contributed by atoms with E-state index in [1.807, 2.05) is 31.2 Å². The summed E-state index contributed by atoms with van der Waals surface area (Å²) in [6.45, 7) is 2.97. The summed E-state index contributed by atoms with van der Waals surface area (Å²) in [7, 11) is 0. The van der Waals surface area contributed by atoms with Crippen molar-refractivity contribution < 1.29 is 9.13 Å². The van der Waals surface area contributed by atoms with Crippen LogP contribution in [0.5, 0.6) is 5.75 Å². The van der Waals surface area contributed by atoms with E-state index in [1.54, 1.807) is 12.3 Å². The molecule has 0 fully saturated rings. The number of nitrogens with zero attached hydrogens (tertiary/aromatic N) is 1. The zero-order chi connectivity index (χ0) is 12.8. The number of anilines is 1. The number of aryl methyl sites for hydroxylation is 1. The van der Waals surface area contributed by atoms with E-state index in [9.17, 15) is 4.39 Å². The largest absolute Gasteiger partial charge is 0.492 e. The molecule has 18 heavy (non-hydrogen) atoms. The number of aromatic nitrogens is 1. The summed E-state index contributed by atoms with van der Waals surface area (Å²) in [6, 6.07) is 10.7. The van der Waals surface area contributed by atoms with Crippen LogP contribution in [0, 0.1) is 12.7 Å². The Bertz CT molecular complexity index is 517. The molecule has 0 bridgehead atoms. The van der Waals surface area contributed by atoms with E-state index in [1.165, 1.54) is 6.07 Å². The van der Waals surface area contributed by atoms with Gasteiger partial charge in [-0.1, -0.05) is 12.1 Å². The molecule has 94 valence electrons. The van der Waals surface area contributed by atoms with E-state index in [0.717, 1.165) is 11.3 Å². The van der Waals surface area contributed by atoms with Crippen LogP contribution in [0.4, 0.5) is 10.2 Å². The minimum Gasteiger partial charge on any atom is -0.492 e. The lowest BCUT2D eigenvalue weighted by Gasteiger charge is -2.08. The van der Waals surface area contributed by atoms with Gasteiger partial charge in [0.15, 0.2) is 11.6 Å². The van der Waals surface area contributed by atoms with Crippen molar-refractivity contribution in [2.24, 2.45) is 0 Å². The highest BCUT2D eigenvalue weighted by Gasteiger charge is 2.00. The molecule has 0 radical (unpaired) electrons. The number of benzene rings is 1. The van der Waals surface area contributed by atoms with E-state index in [2.05, 4.69) is 10.3 Å². The van der Waals surface area contributed by atoms with Crippen LogP contribution in [0.25, 0.3) is 0 Å². The van der Waals surface area contributed by atoms with Crippen LogP contribution < -0.4 is 10.1 Å². The van der Waals surface area contributed by atoms with Crippen molar-refractivity contribution in [3.8, 4) is 5.75 Å². The topological polar surface area (TPSA) is 34.1 Å². The normalized spacial score (nSPS) is 10.1. The highest BCUT2D eigenvalue weighted by Crippen LogP contribution is 2.12. The fraction of sp³-hybridized carbons (Fsp3) is 0.214. The number of pyridine rings is 1. The van der Waals surface area contributed by atoms with Gasteiger partial charge in [-0.3, -0.25) is 0 Å². The van der Waals surface area contributed by atoms with E-state index >= 15 is 0 Å². The molecule has 1 aromatic heterocycles. The summed E-state index contributed by atoms with van der Waals surface area (Å²) >= 11 is 0. The van der Waals surface area contributed by atoms with E-state index in [4.69, 9.17) is 4.74 Å². The van der Waals surface area contributed by atoms with Crippen molar-refractivity contribution in [1.29, 1.82) is 0 Å². The number of hydrogen-bond acceptors (Lipinski definition) is 3. The van der Waals surface area contributed by atoms with E-state index in [-0.39, 0.29) is 11.6 Å². The Labute approximate surface area is 106 Å². The number of rotatable bonds is 5. The maximum Gasteiger partial charge on any atom is 0.165 e. The number of halogens is 1. The smallest absolute Gasteiger partial charge is 0.165 e. The molecule has 0 aliphatic carbocycles. The third-order valence-electron chi connectivity index (χ3n) is 2.41. The molecule has 0 saturated heterocycles. The molecule has 0 aliphatic heterocycles. The van der Waals surface area contributed by atoms with Crippen molar-refractivity contribution >= 4 is 5.82 Å². The molecular formula is C14H15FN2O. The van der Waals surface area contributed by atoms with Crippen molar-refractivity contribution in [2.75, 3.05) is 18.5 Å². The second kappa shape index (κ2) is 6.00. The Balaban J connectivity index is 1.78. The number of hydrogen-bond donors (Lipinski definition) is 1. The Kier molecular flexibility index (Phi) is 4.12.